The number of methoxy groups -OCH3 is 2. The maximum Gasteiger partial charge on any atom is 0.290 e. The minimum absolute atomic E-state index is 0.175. The van der Waals surface area contributed by atoms with Gasteiger partial charge in [0.15, 0.2) is 28.6 Å². The molecule has 258 valence electrons. The number of nitrogens with one attached hydrogen (secondary N) is 2. The number of benzene rings is 3. The fraction of sp³-hybridized carbons (Fsp3) is 0.400. The number of nitrogens with zero attached hydrogens (tertiary/aromatic N) is 1. The van der Waals surface area contributed by atoms with Gasteiger partial charge in [0.25, 0.3) is 18.3 Å². The summed E-state index contributed by atoms with van der Waals surface area (Å²) in [7, 11) is 3.07. The molecule has 5 aliphatic heterocycles. The number of likely N-dealkylation sites (tertiary alicyclic amines) is 1. The molecule has 1 fully saturated rings. The molecule has 0 aliphatic carbocycles. The molecule has 0 unspecified atom stereocenters. The molecule has 3 aromatic rings. The van der Waals surface area contributed by atoms with Crippen LogP contribution in [0, 0.1) is 0 Å². The van der Waals surface area contributed by atoms with Gasteiger partial charge in [-0.1, -0.05) is 6.07 Å². The molecule has 6 bridgehead atoms. The van der Waals surface area contributed by atoms with Gasteiger partial charge in [0.1, 0.15) is 18.1 Å². The normalized spacial score (nSPS) is 16.3. The number of hydrogen-bond acceptors (Lipinski definition) is 10. The van der Waals surface area contributed by atoms with Crippen LogP contribution in [0.2, 0.25) is 0 Å². The second-order valence-electron chi connectivity index (χ2n) is 11.0. The number of carbonyl (C=O) groups excluding carboxylic acids is 2. The fourth-order valence-electron chi connectivity index (χ4n) is 5.38. The van der Waals surface area contributed by atoms with E-state index in [0.717, 1.165) is 12.1 Å². The molecule has 13 heteroatoms. The quantitative estimate of drug-likeness (QED) is 0.260. The predicted octanol–water partition coefficient (Wildman–Crippen LogP) is 3.89. The summed E-state index contributed by atoms with van der Waals surface area (Å²) in [5, 5.41) is 12.9. The molecule has 0 saturated carbocycles. The van der Waals surface area contributed by atoms with Crippen LogP contribution >= 0.6 is 0 Å². The van der Waals surface area contributed by atoms with E-state index in [1.807, 2.05) is 19.1 Å². The second-order valence-corrected chi connectivity index (χ2v) is 11.0. The molecule has 0 radical (unpaired) electrons. The van der Waals surface area contributed by atoms with Crippen molar-refractivity contribution in [1.82, 2.24) is 15.5 Å². The first kappa shape index (κ1) is 35.8. The molecule has 5 aliphatic rings. The minimum Gasteiger partial charge on any atom is -0.493 e. The first-order chi connectivity index (χ1) is 23.3. The molecule has 2 amide bonds. The Bertz CT molecular complexity index is 1510. The summed E-state index contributed by atoms with van der Waals surface area (Å²) in [6.45, 7) is 6.12. The predicted molar refractivity (Wildman–Crippen MR) is 176 cm³/mol. The fourth-order valence-corrected chi connectivity index (χ4v) is 5.38. The van der Waals surface area contributed by atoms with Crippen molar-refractivity contribution in [2.75, 3.05) is 60.2 Å². The monoisotopic (exact) mass is 665 g/mol. The van der Waals surface area contributed by atoms with Gasteiger partial charge >= 0.3 is 0 Å². The van der Waals surface area contributed by atoms with E-state index in [4.69, 9.17) is 38.3 Å². The average molecular weight is 666 g/mol. The first-order valence-electron chi connectivity index (χ1n) is 15.7. The number of rotatable bonds is 6. The molecule has 48 heavy (non-hydrogen) atoms. The van der Waals surface area contributed by atoms with Gasteiger partial charge in [-0.2, -0.15) is 0 Å². The first-order valence-corrected chi connectivity index (χ1v) is 15.7. The summed E-state index contributed by atoms with van der Waals surface area (Å²) >= 11 is 0. The van der Waals surface area contributed by atoms with Crippen LogP contribution in [0.15, 0.2) is 60.7 Å². The number of piperidine rings is 1. The molecular formula is C35H43N3O10. The lowest BCUT2D eigenvalue weighted by atomic mass is 9.89. The smallest absolute Gasteiger partial charge is 0.290 e. The Balaban J connectivity index is 0.00000167. The van der Waals surface area contributed by atoms with Gasteiger partial charge in [-0.15, -0.1) is 0 Å². The maximum absolute atomic E-state index is 13.9. The molecule has 8 rings (SSSR count). The van der Waals surface area contributed by atoms with E-state index in [2.05, 4.69) is 15.5 Å². The number of carbonyl (C=O) groups is 3. The zero-order chi connectivity index (χ0) is 34.4. The van der Waals surface area contributed by atoms with Crippen LogP contribution in [0.4, 0.5) is 0 Å². The van der Waals surface area contributed by atoms with E-state index in [-0.39, 0.29) is 31.4 Å². The van der Waals surface area contributed by atoms with E-state index in [1.165, 1.54) is 7.11 Å². The third-order valence-electron chi connectivity index (χ3n) is 7.95. The van der Waals surface area contributed by atoms with Crippen LogP contribution in [0.1, 0.15) is 35.7 Å². The van der Waals surface area contributed by atoms with E-state index in [1.54, 1.807) is 55.6 Å². The number of fused-ring (bicyclic) bond motifs is 3. The highest BCUT2D eigenvalue weighted by molar-refractivity contribution is 5.94. The minimum atomic E-state index is -1.04. The van der Waals surface area contributed by atoms with Crippen LogP contribution in [0.5, 0.6) is 34.5 Å². The topological polar surface area (TPSA) is 154 Å². The van der Waals surface area contributed by atoms with E-state index in [9.17, 15) is 9.59 Å². The maximum atomic E-state index is 13.9. The number of amides is 2. The molecule has 5 heterocycles. The van der Waals surface area contributed by atoms with Crippen molar-refractivity contribution >= 4 is 18.3 Å². The van der Waals surface area contributed by atoms with E-state index < -0.39 is 5.60 Å². The van der Waals surface area contributed by atoms with Crippen LogP contribution in [-0.4, -0.2) is 94.1 Å². The average Bonchev–Trinajstić information content (AvgIpc) is 3.11. The molecule has 0 aromatic heterocycles. The van der Waals surface area contributed by atoms with Crippen molar-refractivity contribution in [2.45, 2.75) is 31.9 Å². The lowest BCUT2D eigenvalue weighted by Gasteiger charge is -2.40. The zero-order valence-corrected chi connectivity index (χ0v) is 27.5. The standard InChI is InChI=1S/C34H41N3O8.CH2O2/c1-4-42-20-18-37-16-13-34(14-17-37)33(39)36-23-24-5-11-28(30(21-24)40-2)44-29-12-6-25(22-31(29)41-3)32(38)35-15-19-43-26-7-9-27(45-34)10-8-26;2-1-3/h5-12,21-22H,4,13-20,23H2,1-3H3,(H,35,38)(H,36,39);1H,(H,2,3). The van der Waals surface area contributed by atoms with Crippen molar-refractivity contribution in [3.63, 3.8) is 0 Å². The van der Waals surface area contributed by atoms with Crippen LogP contribution in [0.25, 0.3) is 0 Å². The van der Waals surface area contributed by atoms with Gasteiger partial charge in [0.05, 0.1) is 27.4 Å². The Morgan fingerprint density at radius 3 is 2.23 bits per heavy atom. The van der Waals surface area contributed by atoms with Crippen LogP contribution in [-0.2, 0) is 20.9 Å². The number of hydrogen-bond donors (Lipinski definition) is 3. The molecule has 0 atom stereocenters. The Morgan fingerprint density at radius 1 is 0.917 bits per heavy atom. The molecular weight excluding hydrogens is 622 g/mol. The summed E-state index contributed by atoms with van der Waals surface area (Å²) in [6, 6.07) is 17.6. The highest BCUT2D eigenvalue weighted by atomic mass is 16.5. The molecule has 3 aromatic carbocycles. The lowest BCUT2D eigenvalue weighted by Crippen LogP contribution is -2.57. The highest BCUT2D eigenvalue weighted by Gasteiger charge is 2.43. The second kappa shape index (κ2) is 17.8. The largest absolute Gasteiger partial charge is 0.493 e. The third kappa shape index (κ3) is 9.52. The third-order valence-corrected chi connectivity index (χ3v) is 7.95. The van der Waals surface area contributed by atoms with E-state index in [0.29, 0.717) is 85.8 Å². The summed E-state index contributed by atoms with van der Waals surface area (Å²) in [5.41, 5.74) is 0.210. The van der Waals surface area contributed by atoms with Gasteiger partial charge in [0.2, 0.25) is 0 Å². The SMILES string of the molecule is CCOCCN1CCC2(CC1)Oc1ccc(cc1)OCCNC(=O)c1ccc(c(OC)c1)Oc1ccc(cc1OC)CNC2=O.O=CO. The summed E-state index contributed by atoms with van der Waals surface area (Å²) in [4.78, 5) is 37.3. The van der Waals surface area contributed by atoms with Crippen molar-refractivity contribution in [3.05, 3.63) is 71.8 Å². The zero-order valence-electron chi connectivity index (χ0n) is 27.5. The Labute approximate surface area is 280 Å². The van der Waals surface area contributed by atoms with Crippen molar-refractivity contribution in [1.29, 1.82) is 0 Å². The van der Waals surface area contributed by atoms with E-state index >= 15 is 0 Å². The summed E-state index contributed by atoms with van der Waals surface area (Å²) < 4.78 is 35.1. The van der Waals surface area contributed by atoms with Gasteiger partial charge < -0.3 is 49.1 Å². The molecule has 1 spiro atoms. The highest BCUT2D eigenvalue weighted by Crippen LogP contribution is 2.38. The van der Waals surface area contributed by atoms with Crippen molar-refractivity contribution in [3.8, 4) is 34.5 Å². The Morgan fingerprint density at radius 2 is 1.56 bits per heavy atom. The van der Waals surface area contributed by atoms with Gasteiger partial charge in [-0.05, 0) is 67.1 Å². The Kier molecular flexibility index (Phi) is 13.3. The van der Waals surface area contributed by atoms with Gasteiger partial charge in [-0.25, -0.2) is 0 Å². The van der Waals surface area contributed by atoms with Gasteiger partial charge in [-0.3, -0.25) is 14.4 Å². The van der Waals surface area contributed by atoms with Crippen LogP contribution < -0.4 is 34.3 Å². The van der Waals surface area contributed by atoms with Crippen molar-refractivity contribution < 1.29 is 47.9 Å². The molecule has 13 nitrogen and oxygen atoms in total. The molecule has 1 saturated heterocycles. The Hall–Kier alpha value is -5.01. The summed E-state index contributed by atoms with van der Waals surface area (Å²) in [6.07, 6.45) is 1.05. The number of ether oxygens (including phenoxy) is 6. The molecule has 3 N–H and O–H groups in total. The van der Waals surface area contributed by atoms with Crippen LogP contribution in [0.3, 0.4) is 0 Å². The lowest BCUT2D eigenvalue weighted by molar-refractivity contribution is -0.141. The summed E-state index contributed by atoms with van der Waals surface area (Å²) in [5.74, 6) is 2.52. The van der Waals surface area contributed by atoms with Crippen molar-refractivity contribution in [2.24, 2.45) is 0 Å². The number of carboxylic acid groups (broad SMARTS) is 1. The van der Waals surface area contributed by atoms with Gasteiger partial charge in [0, 0.05) is 51.2 Å².